The number of carbonyl (C=O) groups is 2. The summed E-state index contributed by atoms with van der Waals surface area (Å²) in [5, 5.41) is 10.1. The molecule has 126 valence electrons. The van der Waals surface area contributed by atoms with Crippen molar-refractivity contribution in [3.63, 3.8) is 0 Å². The number of fused-ring (bicyclic) bond motifs is 1. The zero-order valence-electron chi connectivity index (χ0n) is 13.5. The first-order valence-electron chi connectivity index (χ1n) is 7.91. The van der Waals surface area contributed by atoms with E-state index in [9.17, 15) is 9.59 Å². The lowest BCUT2D eigenvalue weighted by molar-refractivity contribution is -0.123. The van der Waals surface area contributed by atoms with Crippen LogP contribution in [0.1, 0.15) is 11.1 Å². The highest BCUT2D eigenvalue weighted by molar-refractivity contribution is 6.31. The molecule has 2 aliphatic heterocycles. The number of halogens is 1. The highest BCUT2D eigenvalue weighted by atomic mass is 35.5. The SMILES string of the molecule is Cc1cccc(CN2N=N[C@@H]3C(=O)N(c4cccc(Cl)c4)C(=O)[C@H]32)c1. The van der Waals surface area contributed by atoms with E-state index in [0.29, 0.717) is 17.3 Å². The Morgan fingerprint density at radius 1 is 1.08 bits per heavy atom. The Bertz CT molecular complexity index is 898. The summed E-state index contributed by atoms with van der Waals surface area (Å²) < 4.78 is 0. The average Bonchev–Trinajstić information content (AvgIpc) is 3.08. The number of nitrogens with zero attached hydrogens (tertiary/aromatic N) is 4. The topological polar surface area (TPSA) is 65.3 Å². The molecule has 0 aliphatic carbocycles. The lowest BCUT2D eigenvalue weighted by Crippen LogP contribution is -2.39. The normalized spacial score (nSPS) is 22.0. The first-order chi connectivity index (χ1) is 12.0. The van der Waals surface area contributed by atoms with Crippen LogP contribution in [0.3, 0.4) is 0 Å². The Balaban J connectivity index is 1.61. The Labute approximate surface area is 149 Å². The van der Waals surface area contributed by atoms with E-state index in [0.717, 1.165) is 16.0 Å². The third-order valence-corrected chi connectivity index (χ3v) is 4.59. The summed E-state index contributed by atoms with van der Waals surface area (Å²) >= 11 is 5.99. The van der Waals surface area contributed by atoms with Crippen LogP contribution in [0, 0.1) is 6.92 Å². The van der Waals surface area contributed by atoms with Gasteiger partial charge in [0.05, 0.1) is 12.2 Å². The van der Waals surface area contributed by atoms with Gasteiger partial charge < -0.3 is 0 Å². The number of hydrogen-bond acceptors (Lipinski definition) is 5. The van der Waals surface area contributed by atoms with Gasteiger partial charge in [-0.3, -0.25) is 14.6 Å². The fourth-order valence-electron chi connectivity index (χ4n) is 3.22. The smallest absolute Gasteiger partial charge is 0.263 e. The molecule has 0 unspecified atom stereocenters. The Hall–Kier alpha value is -2.73. The number of aryl methyl sites for hydroxylation is 1. The first kappa shape index (κ1) is 15.8. The quantitative estimate of drug-likeness (QED) is 0.795. The highest BCUT2D eigenvalue weighted by Gasteiger charge is 2.54. The second-order valence-corrected chi connectivity index (χ2v) is 6.61. The maximum Gasteiger partial charge on any atom is 0.263 e. The van der Waals surface area contributed by atoms with Gasteiger partial charge in [-0.05, 0) is 30.7 Å². The van der Waals surface area contributed by atoms with Crippen molar-refractivity contribution in [3.8, 4) is 0 Å². The summed E-state index contributed by atoms with van der Waals surface area (Å²) in [6.45, 7) is 2.43. The Kier molecular flexibility index (Phi) is 3.77. The van der Waals surface area contributed by atoms with Crippen molar-refractivity contribution in [2.75, 3.05) is 4.90 Å². The minimum absolute atomic E-state index is 0.324. The molecule has 0 spiro atoms. The third kappa shape index (κ3) is 2.68. The second-order valence-electron chi connectivity index (χ2n) is 6.17. The molecule has 1 saturated heterocycles. The molecule has 2 aromatic carbocycles. The van der Waals surface area contributed by atoms with E-state index >= 15 is 0 Å². The minimum atomic E-state index is -0.795. The standard InChI is InChI=1S/C18H15ClN4O2/c1-11-4-2-5-12(8-11)10-22-16-15(20-21-22)17(24)23(18(16)25)14-7-3-6-13(19)9-14/h2-9,15-16H,10H2,1H3/t15-,16-/m0/s1. The molecule has 0 saturated carbocycles. The number of rotatable bonds is 3. The fraction of sp³-hybridized carbons (Fsp3) is 0.222. The molecule has 2 atom stereocenters. The van der Waals surface area contributed by atoms with E-state index < -0.39 is 12.1 Å². The average molecular weight is 355 g/mol. The largest absolute Gasteiger partial charge is 0.271 e. The lowest BCUT2D eigenvalue weighted by atomic mass is 10.1. The number of carbonyl (C=O) groups excluding carboxylic acids is 2. The summed E-state index contributed by atoms with van der Waals surface area (Å²) in [6.07, 6.45) is 0. The number of hydrogen-bond donors (Lipinski definition) is 0. The number of amides is 2. The van der Waals surface area contributed by atoms with E-state index in [1.807, 2.05) is 31.2 Å². The van der Waals surface area contributed by atoms with Gasteiger partial charge in [0.2, 0.25) is 0 Å². The van der Waals surface area contributed by atoms with Crippen LogP contribution in [0.25, 0.3) is 0 Å². The zero-order chi connectivity index (χ0) is 17.6. The molecule has 2 amide bonds. The van der Waals surface area contributed by atoms with E-state index in [2.05, 4.69) is 10.3 Å². The van der Waals surface area contributed by atoms with Crippen molar-refractivity contribution in [3.05, 3.63) is 64.7 Å². The molecule has 0 bridgehead atoms. The van der Waals surface area contributed by atoms with Crippen molar-refractivity contribution in [2.24, 2.45) is 10.3 Å². The van der Waals surface area contributed by atoms with Gasteiger partial charge in [0, 0.05) is 5.02 Å². The fourth-order valence-corrected chi connectivity index (χ4v) is 3.41. The van der Waals surface area contributed by atoms with Gasteiger partial charge in [-0.15, -0.1) is 0 Å². The molecule has 1 fully saturated rings. The van der Waals surface area contributed by atoms with Gasteiger partial charge in [-0.25, -0.2) is 4.90 Å². The third-order valence-electron chi connectivity index (χ3n) is 4.35. The van der Waals surface area contributed by atoms with Crippen molar-refractivity contribution in [2.45, 2.75) is 25.6 Å². The van der Waals surface area contributed by atoms with Gasteiger partial charge >= 0.3 is 0 Å². The molecule has 2 aromatic rings. The molecular formula is C18H15ClN4O2. The second kappa shape index (κ2) is 5.97. The summed E-state index contributed by atoms with van der Waals surface area (Å²) in [6, 6.07) is 13.1. The Morgan fingerprint density at radius 2 is 1.88 bits per heavy atom. The number of benzene rings is 2. The van der Waals surface area contributed by atoms with Crippen molar-refractivity contribution in [1.82, 2.24) is 5.01 Å². The number of anilines is 1. The van der Waals surface area contributed by atoms with Crippen LogP contribution in [-0.4, -0.2) is 28.9 Å². The van der Waals surface area contributed by atoms with E-state index in [1.165, 1.54) is 0 Å². The summed E-state index contributed by atoms with van der Waals surface area (Å²) in [4.78, 5) is 26.7. The molecule has 25 heavy (non-hydrogen) atoms. The molecule has 2 aliphatic rings. The molecule has 7 heteroatoms. The van der Waals surface area contributed by atoms with Crippen molar-refractivity contribution in [1.29, 1.82) is 0 Å². The van der Waals surface area contributed by atoms with Crippen molar-refractivity contribution < 1.29 is 9.59 Å². The molecule has 0 aromatic heterocycles. The van der Waals surface area contributed by atoms with Crippen LogP contribution >= 0.6 is 11.6 Å². The van der Waals surface area contributed by atoms with Gasteiger partial charge in [0.25, 0.3) is 11.8 Å². The molecule has 0 N–H and O–H groups in total. The zero-order valence-corrected chi connectivity index (χ0v) is 14.2. The van der Waals surface area contributed by atoms with Gasteiger partial charge in [-0.2, -0.15) is 5.11 Å². The summed E-state index contributed by atoms with van der Waals surface area (Å²) in [5.41, 5.74) is 2.60. The molecule has 4 rings (SSSR count). The minimum Gasteiger partial charge on any atom is -0.271 e. The lowest BCUT2D eigenvalue weighted by Gasteiger charge is -2.20. The van der Waals surface area contributed by atoms with Gasteiger partial charge in [0.15, 0.2) is 12.1 Å². The molecule has 0 radical (unpaired) electrons. The van der Waals surface area contributed by atoms with Gasteiger partial charge in [-0.1, -0.05) is 52.7 Å². The van der Waals surface area contributed by atoms with Crippen LogP contribution in [0.2, 0.25) is 5.02 Å². The maximum atomic E-state index is 12.9. The van der Waals surface area contributed by atoms with Crippen LogP contribution in [-0.2, 0) is 16.1 Å². The summed E-state index contributed by atoms with van der Waals surface area (Å²) in [7, 11) is 0. The number of imide groups is 1. The van der Waals surface area contributed by atoms with Crippen molar-refractivity contribution >= 4 is 29.1 Å². The monoisotopic (exact) mass is 354 g/mol. The predicted octanol–water partition coefficient (Wildman–Crippen LogP) is 3.14. The van der Waals surface area contributed by atoms with Crippen LogP contribution in [0.5, 0.6) is 0 Å². The highest BCUT2D eigenvalue weighted by Crippen LogP contribution is 2.33. The molecule has 2 heterocycles. The van der Waals surface area contributed by atoms with E-state index in [1.54, 1.807) is 29.3 Å². The van der Waals surface area contributed by atoms with Gasteiger partial charge in [0.1, 0.15) is 0 Å². The Morgan fingerprint density at radius 3 is 2.64 bits per heavy atom. The van der Waals surface area contributed by atoms with E-state index in [4.69, 9.17) is 11.6 Å². The van der Waals surface area contributed by atoms with Crippen LogP contribution in [0.15, 0.2) is 58.9 Å². The molecule has 6 nitrogen and oxygen atoms in total. The van der Waals surface area contributed by atoms with E-state index in [-0.39, 0.29) is 11.8 Å². The van der Waals surface area contributed by atoms with Crippen LogP contribution < -0.4 is 4.90 Å². The molecular weight excluding hydrogens is 340 g/mol. The maximum absolute atomic E-state index is 12.9. The first-order valence-corrected chi connectivity index (χ1v) is 8.29. The summed E-state index contributed by atoms with van der Waals surface area (Å²) in [5.74, 6) is -0.692. The predicted molar refractivity (Wildman–Crippen MR) is 93.1 cm³/mol. The van der Waals surface area contributed by atoms with Crippen LogP contribution in [0.4, 0.5) is 5.69 Å².